The van der Waals surface area contributed by atoms with Crippen LogP contribution in [0.3, 0.4) is 0 Å². The van der Waals surface area contributed by atoms with Gasteiger partial charge in [0.15, 0.2) is 0 Å². The Morgan fingerprint density at radius 2 is 1.86 bits per heavy atom. The highest BCUT2D eigenvalue weighted by atomic mass is 32.1. The number of azo groups is 1. The van der Waals surface area contributed by atoms with Gasteiger partial charge >= 0.3 is 0 Å². The topological polar surface area (TPSA) is 53.7 Å². The van der Waals surface area contributed by atoms with Crippen LogP contribution in [0.25, 0.3) is 0 Å². The first-order valence-electron chi connectivity index (χ1n) is 7.29. The second-order valence-corrected chi connectivity index (χ2v) is 5.91. The number of hydrogen-bond donors (Lipinski definition) is 0. The van der Waals surface area contributed by atoms with Crippen molar-refractivity contribution in [3.8, 4) is 0 Å². The van der Waals surface area contributed by atoms with Crippen molar-refractivity contribution >= 4 is 27.8 Å². The second kappa shape index (κ2) is 7.83. The van der Waals surface area contributed by atoms with E-state index in [4.69, 9.17) is 0 Å². The average Bonchev–Trinajstić information content (AvgIpc) is 2.93. The van der Waals surface area contributed by atoms with Crippen LogP contribution in [-0.2, 0) is 0 Å². The van der Waals surface area contributed by atoms with Crippen LogP contribution >= 0.6 is 11.3 Å². The summed E-state index contributed by atoms with van der Waals surface area (Å²) in [4.78, 5) is 2.37. The van der Waals surface area contributed by atoms with Crippen LogP contribution in [-0.4, -0.2) is 23.3 Å². The molecule has 0 bridgehead atoms. The number of nitrogens with zero attached hydrogens (tertiary/aromatic N) is 5. The fourth-order valence-electron chi connectivity index (χ4n) is 1.98. The SMILES string of the molecule is CCCCN(CC)c1ccc(N=Nc2nnc(C)s2)cc1. The van der Waals surface area contributed by atoms with Crippen molar-refractivity contribution in [3.63, 3.8) is 0 Å². The van der Waals surface area contributed by atoms with E-state index in [9.17, 15) is 0 Å². The third-order valence-electron chi connectivity index (χ3n) is 3.14. The predicted octanol–water partition coefficient (Wildman–Crippen LogP) is 4.89. The monoisotopic (exact) mass is 303 g/mol. The summed E-state index contributed by atoms with van der Waals surface area (Å²) >= 11 is 1.44. The lowest BCUT2D eigenvalue weighted by Crippen LogP contribution is -2.23. The van der Waals surface area contributed by atoms with Crippen molar-refractivity contribution in [1.29, 1.82) is 0 Å². The third kappa shape index (κ3) is 4.60. The Kier molecular flexibility index (Phi) is 5.80. The van der Waals surface area contributed by atoms with E-state index in [1.54, 1.807) is 0 Å². The standard InChI is InChI=1S/C15H21N5S/c1-4-6-11-20(5-2)14-9-7-13(8-10-14)17-19-15-18-16-12(3)21-15/h7-10H,4-6,11H2,1-3H3. The first-order chi connectivity index (χ1) is 10.2. The molecule has 2 aromatic rings. The minimum absolute atomic E-state index is 0.592. The van der Waals surface area contributed by atoms with Crippen LogP contribution < -0.4 is 4.90 Å². The highest BCUT2D eigenvalue weighted by Crippen LogP contribution is 2.24. The van der Waals surface area contributed by atoms with Crippen molar-refractivity contribution in [3.05, 3.63) is 29.3 Å². The van der Waals surface area contributed by atoms with Crippen molar-refractivity contribution in [2.75, 3.05) is 18.0 Å². The Morgan fingerprint density at radius 3 is 2.43 bits per heavy atom. The van der Waals surface area contributed by atoms with Gasteiger partial charge in [-0.1, -0.05) is 24.7 Å². The van der Waals surface area contributed by atoms with Crippen molar-refractivity contribution in [2.45, 2.75) is 33.6 Å². The van der Waals surface area contributed by atoms with Gasteiger partial charge in [0.05, 0.1) is 5.69 Å². The molecule has 0 N–H and O–H groups in total. The summed E-state index contributed by atoms with van der Waals surface area (Å²) in [6, 6.07) is 8.17. The predicted molar refractivity (Wildman–Crippen MR) is 88.1 cm³/mol. The highest BCUT2D eigenvalue weighted by Gasteiger charge is 2.03. The Bertz CT molecular complexity index is 576. The zero-order chi connectivity index (χ0) is 15.1. The van der Waals surface area contributed by atoms with E-state index >= 15 is 0 Å². The number of aryl methyl sites for hydroxylation is 1. The van der Waals surface area contributed by atoms with Gasteiger partial charge in [0, 0.05) is 18.8 Å². The first-order valence-corrected chi connectivity index (χ1v) is 8.11. The molecule has 1 heterocycles. The molecule has 0 amide bonds. The molecule has 0 saturated heterocycles. The summed E-state index contributed by atoms with van der Waals surface area (Å²) in [5.41, 5.74) is 2.06. The molecule has 21 heavy (non-hydrogen) atoms. The van der Waals surface area contributed by atoms with Gasteiger partial charge in [-0.2, -0.15) is 0 Å². The number of anilines is 1. The lowest BCUT2D eigenvalue weighted by Gasteiger charge is -2.22. The quantitative estimate of drug-likeness (QED) is 0.684. The summed E-state index contributed by atoms with van der Waals surface area (Å²) in [7, 11) is 0. The summed E-state index contributed by atoms with van der Waals surface area (Å²) < 4.78 is 0. The molecule has 5 nitrogen and oxygen atoms in total. The Labute approximate surface area is 129 Å². The largest absolute Gasteiger partial charge is 0.372 e. The van der Waals surface area contributed by atoms with E-state index in [1.807, 2.05) is 19.1 Å². The van der Waals surface area contributed by atoms with E-state index in [0.717, 1.165) is 23.8 Å². The molecule has 1 aromatic heterocycles. The Hall–Kier alpha value is -1.82. The van der Waals surface area contributed by atoms with Crippen LogP contribution in [0.5, 0.6) is 0 Å². The maximum atomic E-state index is 4.19. The number of aromatic nitrogens is 2. The van der Waals surface area contributed by atoms with E-state index in [0.29, 0.717) is 5.13 Å². The lowest BCUT2D eigenvalue weighted by molar-refractivity contribution is 0.732. The molecule has 0 aliphatic rings. The van der Waals surface area contributed by atoms with Gasteiger partial charge in [-0.25, -0.2) is 0 Å². The molecule has 0 spiro atoms. The molecule has 0 saturated carbocycles. The van der Waals surface area contributed by atoms with Crippen LogP contribution in [0, 0.1) is 6.92 Å². The second-order valence-electron chi connectivity index (χ2n) is 4.75. The maximum absolute atomic E-state index is 4.19. The molecule has 0 atom stereocenters. The van der Waals surface area contributed by atoms with Gasteiger partial charge in [0.1, 0.15) is 5.01 Å². The smallest absolute Gasteiger partial charge is 0.251 e. The van der Waals surface area contributed by atoms with Gasteiger partial charge in [-0.3, -0.25) is 0 Å². The minimum atomic E-state index is 0.592. The summed E-state index contributed by atoms with van der Waals surface area (Å²) in [5, 5.41) is 17.6. The van der Waals surface area contributed by atoms with Crippen molar-refractivity contribution in [1.82, 2.24) is 10.2 Å². The first kappa shape index (κ1) is 15.6. The average molecular weight is 303 g/mol. The van der Waals surface area contributed by atoms with E-state index in [-0.39, 0.29) is 0 Å². The molecule has 0 radical (unpaired) electrons. The maximum Gasteiger partial charge on any atom is 0.251 e. The fourth-order valence-corrected chi connectivity index (χ4v) is 2.49. The molecule has 0 unspecified atom stereocenters. The lowest BCUT2D eigenvalue weighted by atomic mass is 10.2. The third-order valence-corrected chi connectivity index (χ3v) is 3.87. The van der Waals surface area contributed by atoms with Gasteiger partial charge in [0.25, 0.3) is 5.13 Å². The number of hydrogen-bond acceptors (Lipinski definition) is 6. The Balaban J connectivity index is 2.02. The molecular formula is C15H21N5S. The number of unbranched alkanes of at least 4 members (excludes halogenated alkanes) is 1. The summed E-state index contributed by atoms with van der Waals surface area (Å²) in [5.74, 6) is 0. The van der Waals surface area contributed by atoms with Crippen molar-refractivity contribution < 1.29 is 0 Å². The number of benzene rings is 1. The van der Waals surface area contributed by atoms with Crippen molar-refractivity contribution in [2.24, 2.45) is 10.2 Å². The zero-order valence-corrected chi connectivity index (χ0v) is 13.6. The molecule has 0 aliphatic carbocycles. The number of rotatable bonds is 7. The van der Waals surface area contributed by atoms with Gasteiger partial charge in [-0.05, 0) is 44.5 Å². The molecule has 0 fully saturated rings. The van der Waals surface area contributed by atoms with E-state index in [1.165, 1.54) is 29.9 Å². The van der Waals surface area contributed by atoms with Crippen LogP contribution in [0.15, 0.2) is 34.5 Å². The molecule has 2 rings (SSSR count). The molecule has 6 heteroatoms. The highest BCUT2D eigenvalue weighted by molar-refractivity contribution is 7.14. The summed E-state index contributed by atoms with van der Waals surface area (Å²) in [6.07, 6.45) is 2.43. The van der Waals surface area contributed by atoms with E-state index in [2.05, 4.69) is 51.3 Å². The summed E-state index contributed by atoms with van der Waals surface area (Å²) in [6.45, 7) is 8.41. The minimum Gasteiger partial charge on any atom is -0.372 e. The van der Waals surface area contributed by atoms with Gasteiger partial charge in [-0.15, -0.1) is 20.4 Å². The normalized spacial score (nSPS) is 11.2. The van der Waals surface area contributed by atoms with Gasteiger partial charge in [0.2, 0.25) is 0 Å². The Morgan fingerprint density at radius 1 is 1.10 bits per heavy atom. The molecule has 0 aliphatic heterocycles. The van der Waals surface area contributed by atoms with Gasteiger partial charge < -0.3 is 4.90 Å². The molecule has 1 aromatic carbocycles. The zero-order valence-electron chi connectivity index (χ0n) is 12.8. The van der Waals surface area contributed by atoms with Crippen LogP contribution in [0.1, 0.15) is 31.7 Å². The van der Waals surface area contributed by atoms with Crippen LogP contribution in [0.4, 0.5) is 16.5 Å². The fraction of sp³-hybridized carbons (Fsp3) is 0.467. The molecular weight excluding hydrogens is 282 g/mol. The van der Waals surface area contributed by atoms with Crippen LogP contribution in [0.2, 0.25) is 0 Å². The molecule has 112 valence electrons. The van der Waals surface area contributed by atoms with E-state index < -0.39 is 0 Å².